The van der Waals surface area contributed by atoms with E-state index < -0.39 is 0 Å². The second kappa shape index (κ2) is 8.43. The van der Waals surface area contributed by atoms with Crippen molar-refractivity contribution in [1.82, 2.24) is 0 Å². The summed E-state index contributed by atoms with van der Waals surface area (Å²) in [6.07, 6.45) is 5.16. The van der Waals surface area contributed by atoms with Crippen LogP contribution in [0.15, 0.2) is 53.4 Å². The number of hydrogen-bond donors (Lipinski definition) is 1. The normalized spacial score (nSPS) is 15.8. The Balaban J connectivity index is 1.51. The molecule has 0 saturated heterocycles. The van der Waals surface area contributed by atoms with Crippen LogP contribution >= 0.6 is 11.8 Å². The van der Waals surface area contributed by atoms with Crippen molar-refractivity contribution in [1.29, 1.82) is 0 Å². The van der Waals surface area contributed by atoms with Crippen LogP contribution in [-0.2, 0) is 4.79 Å². The lowest BCUT2D eigenvalue weighted by atomic mass is 10.2. The molecule has 1 fully saturated rings. The van der Waals surface area contributed by atoms with Crippen LogP contribution in [0, 0.1) is 6.92 Å². The molecule has 132 valence electrons. The molecule has 0 unspecified atom stereocenters. The van der Waals surface area contributed by atoms with E-state index in [2.05, 4.69) is 36.5 Å². The van der Waals surface area contributed by atoms with Gasteiger partial charge in [-0.05, 0) is 75.9 Å². The average molecular weight is 356 g/mol. The van der Waals surface area contributed by atoms with E-state index in [0.29, 0.717) is 6.10 Å². The molecule has 0 aromatic heterocycles. The topological polar surface area (TPSA) is 38.3 Å². The molecule has 1 N–H and O–H groups in total. The summed E-state index contributed by atoms with van der Waals surface area (Å²) in [6.45, 7) is 3.99. The van der Waals surface area contributed by atoms with Gasteiger partial charge in [0.25, 0.3) is 0 Å². The van der Waals surface area contributed by atoms with Gasteiger partial charge in [0.15, 0.2) is 0 Å². The van der Waals surface area contributed by atoms with Gasteiger partial charge in [0, 0.05) is 10.6 Å². The Morgan fingerprint density at radius 3 is 2.36 bits per heavy atom. The van der Waals surface area contributed by atoms with Crippen LogP contribution in [0.5, 0.6) is 5.75 Å². The van der Waals surface area contributed by atoms with Gasteiger partial charge in [0.05, 0.1) is 11.4 Å². The van der Waals surface area contributed by atoms with E-state index in [9.17, 15) is 4.79 Å². The number of hydrogen-bond acceptors (Lipinski definition) is 3. The van der Waals surface area contributed by atoms with Gasteiger partial charge in [-0.15, -0.1) is 11.8 Å². The van der Waals surface area contributed by atoms with Crippen LogP contribution in [-0.4, -0.2) is 17.3 Å². The van der Waals surface area contributed by atoms with Gasteiger partial charge in [-0.3, -0.25) is 4.79 Å². The van der Waals surface area contributed by atoms with Crippen LogP contribution in [0.1, 0.15) is 38.2 Å². The molecule has 0 aliphatic heterocycles. The molecular formula is C21H25NO2S. The molecule has 1 aliphatic rings. The highest BCUT2D eigenvalue weighted by atomic mass is 32.2. The summed E-state index contributed by atoms with van der Waals surface area (Å²) in [5.74, 6) is 0.891. The summed E-state index contributed by atoms with van der Waals surface area (Å²) in [5.41, 5.74) is 2.03. The summed E-state index contributed by atoms with van der Waals surface area (Å²) in [6, 6.07) is 15.9. The first-order valence-corrected chi connectivity index (χ1v) is 9.79. The summed E-state index contributed by atoms with van der Waals surface area (Å²) in [7, 11) is 0. The van der Waals surface area contributed by atoms with Crippen molar-refractivity contribution >= 4 is 23.4 Å². The van der Waals surface area contributed by atoms with E-state index in [-0.39, 0.29) is 11.2 Å². The lowest BCUT2D eigenvalue weighted by Gasteiger charge is -2.15. The zero-order valence-corrected chi connectivity index (χ0v) is 15.6. The molecule has 0 radical (unpaired) electrons. The third kappa shape index (κ3) is 5.27. The standard InChI is InChI=1S/C21H25NO2S/c1-15-7-13-20(14-8-15)25-16(2)21(23)22-17-9-11-19(12-10-17)24-18-5-3-4-6-18/h7-14,16,18H,3-6H2,1-2H3,(H,22,23)/t16-/m1/s1. The Kier molecular flexibility index (Phi) is 6.03. The fourth-order valence-corrected chi connectivity index (χ4v) is 3.80. The number of anilines is 1. The first kappa shape index (κ1) is 17.9. The predicted molar refractivity (Wildman–Crippen MR) is 104 cm³/mol. The fraction of sp³-hybridized carbons (Fsp3) is 0.381. The summed E-state index contributed by atoms with van der Waals surface area (Å²) >= 11 is 1.57. The van der Waals surface area contributed by atoms with Crippen LogP contribution in [0.4, 0.5) is 5.69 Å². The molecule has 0 bridgehead atoms. The molecule has 1 amide bonds. The highest BCUT2D eigenvalue weighted by molar-refractivity contribution is 8.00. The van der Waals surface area contributed by atoms with Gasteiger partial charge in [0.1, 0.15) is 5.75 Å². The van der Waals surface area contributed by atoms with Crippen LogP contribution in [0.3, 0.4) is 0 Å². The Morgan fingerprint density at radius 1 is 1.08 bits per heavy atom. The third-order valence-electron chi connectivity index (χ3n) is 4.43. The van der Waals surface area contributed by atoms with E-state index in [0.717, 1.165) is 29.2 Å². The van der Waals surface area contributed by atoms with Crippen LogP contribution < -0.4 is 10.1 Å². The van der Waals surface area contributed by atoms with Gasteiger partial charge in [-0.25, -0.2) is 0 Å². The maximum Gasteiger partial charge on any atom is 0.237 e. The molecule has 3 rings (SSSR count). The van der Waals surface area contributed by atoms with Gasteiger partial charge >= 0.3 is 0 Å². The average Bonchev–Trinajstić information content (AvgIpc) is 3.11. The van der Waals surface area contributed by atoms with E-state index in [4.69, 9.17) is 4.74 Å². The van der Waals surface area contributed by atoms with E-state index in [1.807, 2.05) is 31.2 Å². The molecule has 4 heteroatoms. The zero-order chi connectivity index (χ0) is 17.6. The maximum atomic E-state index is 12.4. The van der Waals surface area contributed by atoms with Crippen LogP contribution in [0.2, 0.25) is 0 Å². The molecule has 1 saturated carbocycles. The van der Waals surface area contributed by atoms with Crippen molar-refractivity contribution in [3.63, 3.8) is 0 Å². The Morgan fingerprint density at radius 2 is 1.72 bits per heavy atom. The highest BCUT2D eigenvalue weighted by Crippen LogP contribution is 2.26. The Bertz CT molecular complexity index is 691. The molecule has 2 aromatic rings. The third-order valence-corrected chi connectivity index (χ3v) is 5.54. The van der Waals surface area contributed by atoms with Gasteiger partial charge in [-0.2, -0.15) is 0 Å². The largest absolute Gasteiger partial charge is 0.490 e. The van der Waals surface area contributed by atoms with Gasteiger partial charge < -0.3 is 10.1 Å². The lowest BCUT2D eigenvalue weighted by molar-refractivity contribution is -0.115. The first-order valence-electron chi connectivity index (χ1n) is 8.91. The molecule has 25 heavy (non-hydrogen) atoms. The van der Waals surface area contributed by atoms with Crippen LogP contribution in [0.25, 0.3) is 0 Å². The second-order valence-corrected chi connectivity index (χ2v) is 8.03. The molecule has 0 heterocycles. The van der Waals surface area contributed by atoms with E-state index in [1.165, 1.54) is 18.4 Å². The molecule has 1 atom stereocenters. The number of carbonyl (C=O) groups is 1. The number of rotatable bonds is 6. The molecule has 3 nitrogen and oxygen atoms in total. The minimum atomic E-state index is -0.155. The number of aryl methyl sites for hydroxylation is 1. The van der Waals surface area contributed by atoms with Crippen molar-refractivity contribution < 1.29 is 9.53 Å². The van der Waals surface area contributed by atoms with Crippen molar-refractivity contribution in [3.05, 3.63) is 54.1 Å². The molecule has 0 spiro atoms. The predicted octanol–water partition coefficient (Wildman–Crippen LogP) is 5.44. The highest BCUT2D eigenvalue weighted by Gasteiger charge is 2.17. The number of ether oxygens (including phenoxy) is 1. The number of benzene rings is 2. The second-order valence-electron chi connectivity index (χ2n) is 6.61. The SMILES string of the molecule is Cc1ccc(S[C@H](C)C(=O)Nc2ccc(OC3CCCC3)cc2)cc1. The van der Waals surface area contributed by atoms with E-state index >= 15 is 0 Å². The smallest absolute Gasteiger partial charge is 0.237 e. The number of amides is 1. The van der Waals surface area contributed by atoms with Crippen molar-refractivity contribution in [2.45, 2.75) is 55.8 Å². The summed E-state index contributed by atoms with van der Waals surface area (Å²) in [5, 5.41) is 2.82. The number of carbonyl (C=O) groups excluding carboxylic acids is 1. The van der Waals surface area contributed by atoms with Gasteiger partial charge in [0.2, 0.25) is 5.91 Å². The van der Waals surface area contributed by atoms with Crippen molar-refractivity contribution in [2.24, 2.45) is 0 Å². The zero-order valence-electron chi connectivity index (χ0n) is 14.8. The summed E-state index contributed by atoms with van der Waals surface area (Å²) in [4.78, 5) is 13.5. The summed E-state index contributed by atoms with van der Waals surface area (Å²) < 4.78 is 5.95. The minimum absolute atomic E-state index is 0.00929. The Labute approximate surface area is 154 Å². The van der Waals surface area contributed by atoms with E-state index in [1.54, 1.807) is 11.8 Å². The van der Waals surface area contributed by atoms with Crippen molar-refractivity contribution in [3.8, 4) is 5.75 Å². The molecule has 1 aliphatic carbocycles. The quantitative estimate of drug-likeness (QED) is 0.702. The molecule has 2 aromatic carbocycles. The fourth-order valence-electron chi connectivity index (χ4n) is 2.93. The molecular weight excluding hydrogens is 330 g/mol. The number of thioether (sulfide) groups is 1. The Hall–Kier alpha value is -1.94. The van der Waals surface area contributed by atoms with Crippen molar-refractivity contribution in [2.75, 3.05) is 5.32 Å². The first-order chi connectivity index (χ1) is 12.1. The maximum absolute atomic E-state index is 12.4. The minimum Gasteiger partial charge on any atom is -0.490 e. The lowest BCUT2D eigenvalue weighted by Crippen LogP contribution is -2.22. The number of nitrogens with one attached hydrogen (secondary N) is 1. The monoisotopic (exact) mass is 355 g/mol. The van der Waals surface area contributed by atoms with Gasteiger partial charge in [-0.1, -0.05) is 17.7 Å².